The van der Waals surface area contributed by atoms with Crippen LogP contribution in [0.4, 0.5) is 15.9 Å². The van der Waals surface area contributed by atoms with Gasteiger partial charge in [0.05, 0.1) is 0 Å². The van der Waals surface area contributed by atoms with E-state index in [4.69, 9.17) is 0 Å². The second kappa shape index (κ2) is 6.78. The fraction of sp³-hybridized carbons (Fsp3) is 0.267. The summed E-state index contributed by atoms with van der Waals surface area (Å²) >= 11 is 0. The molecule has 1 aromatic carbocycles. The molecule has 0 saturated carbocycles. The number of halogens is 1. The molecular weight excluding hydrogens is 271 g/mol. The molecule has 5 nitrogen and oxygen atoms in total. The van der Waals surface area contributed by atoms with Gasteiger partial charge >= 0.3 is 0 Å². The third kappa shape index (κ3) is 4.24. The van der Waals surface area contributed by atoms with Crippen LogP contribution in [0, 0.1) is 5.82 Å². The van der Waals surface area contributed by atoms with E-state index in [1.807, 2.05) is 13.8 Å². The van der Waals surface area contributed by atoms with E-state index in [1.54, 1.807) is 12.1 Å². The summed E-state index contributed by atoms with van der Waals surface area (Å²) in [7, 11) is 0. The van der Waals surface area contributed by atoms with Crippen LogP contribution in [0.2, 0.25) is 0 Å². The van der Waals surface area contributed by atoms with Crippen molar-refractivity contribution in [3.8, 4) is 0 Å². The molecule has 2 aromatic rings. The number of nitrogens with zero attached hydrogens (tertiary/aromatic N) is 2. The average molecular weight is 288 g/mol. The molecule has 0 aliphatic heterocycles. The Labute approximate surface area is 122 Å². The van der Waals surface area contributed by atoms with Crippen LogP contribution >= 0.6 is 0 Å². The Morgan fingerprint density at radius 2 is 2.14 bits per heavy atom. The van der Waals surface area contributed by atoms with Gasteiger partial charge in [0.15, 0.2) is 0 Å². The SMILES string of the molecule is CCC(C)NC(=O)c1cc(Nc2cccc(F)c2)ncn1. The summed E-state index contributed by atoms with van der Waals surface area (Å²) in [5.41, 5.74) is 0.825. The number of nitrogens with one attached hydrogen (secondary N) is 2. The number of hydrogen-bond donors (Lipinski definition) is 2. The van der Waals surface area contributed by atoms with Crippen LogP contribution in [-0.2, 0) is 0 Å². The highest BCUT2D eigenvalue weighted by molar-refractivity contribution is 5.93. The Kier molecular flexibility index (Phi) is 4.81. The van der Waals surface area contributed by atoms with E-state index in [-0.39, 0.29) is 23.5 Å². The van der Waals surface area contributed by atoms with Crippen LogP contribution < -0.4 is 10.6 Å². The molecule has 1 aromatic heterocycles. The van der Waals surface area contributed by atoms with Gasteiger partial charge in [0.1, 0.15) is 23.7 Å². The predicted molar refractivity (Wildman–Crippen MR) is 78.9 cm³/mol. The summed E-state index contributed by atoms with van der Waals surface area (Å²) in [6, 6.07) is 7.62. The average Bonchev–Trinajstić information content (AvgIpc) is 2.47. The van der Waals surface area contributed by atoms with Crippen LogP contribution in [0.1, 0.15) is 30.8 Å². The van der Waals surface area contributed by atoms with Gasteiger partial charge < -0.3 is 10.6 Å². The number of hydrogen-bond acceptors (Lipinski definition) is 4. The lowest BCUT2D eigenvalue weighted by atomic mass is 10.2. The van der Waals surface area contributed by atoms with E-state index < -0.39 is 0 Å². The highest BCUT2D eigenvalue weighted by Gasteiger charge is 2.11. The summed E-state index contributed by atoms with van der Waals surface area (Å²) < 4.78 is 13.1. The molecule has 0 bridgehead atoms. The van der Waals surface area contributed by atoms with Crippen molar-refractivity contribution in [1.29, 1.82) is 0 Å². The third-order valence-corrected chi connectivity index (χ3v) is 2.99. The monoisotopic (exact) mass is 288 g/mol. The Hall–Kier alpha value is -2.50. The zero-order valence-corrected chi connectivity index (χ0v) is 11.9. The van der Waals surface area contributed by atoms with Gasteiger partial charge in [-0.3, -0.25) is 4.79 Å². The third-order valence-electron chi connectivity index (χ3n) is 2.99. The minimum Gasteiger partial charge on any atom is -0.348 e. The smallest absolute Gasteiger partial charge is 0.270 e. The Morgan fingerprint density at radius 1 is 1.33 bits per heavy atom. The van der Waals surface area contributed by atoms with Gasteiger partial charge in [0, 0.05) is 17.8 Å². The molecule has 2 rings (SSSR count). The molecule has 0 spiro atoms. The van der Waals surface area contributed by atoms with Gasteiger partial charge in [-0.25, -0.2) is 14.4 Å². The van der Waals surface area contributed by atoms with Crippen LogP contribution in [0.15, 0.2) is 36.7 Å². The summed E-state index contributed by atoms with van der Waals surface area (Å²) in [5, 5.41) is 5.77. The number of carbonyl (C=O) groups is 1. The van der Waals surface area contributed by atoms with Gasteiger partial charge in [-0.1, -0.05) is 13.0 Å². The minimum atomic E-state index is -0.344. The van der Waals surface area contributed by atoms with Crippen LogP contribution in [-0.4, -0.2) is 21.9 Å². The Balaban J connectivity index is 2.12. The van der Waals surface area contributed by atoms with E-state index in [0.29, 0.717) is 11.5 Å². The fourth-order valence-corrected chi connectivity index (χ4v) is 1.66. The van der Waals surface area contributed by atoms with Crippen LogP contribution in [0.3, 0.4) is 0 Å². The standard InChI is InChI=1S/C15H17FN4O/c1-3-10(2)19-15(21)13-8-14(18-9-17-13)20-12-6-4-5-11(16)7-12/h4-10H,3H2,1-2H3,(H,19,21)(H,17,18,20). The van der Waals surface area contributed by atoms with E-state index in [9.17, 15) is 9.18 Å². The van der Waals surface area contributed by atoms with Crippen molar-refractivity contribution < 1.29 is 9.18 Å². The second-order valence-corrected chi connectivity index (χ2v) is 4.71. The lowest BCUT2D eigenvalue weighted by Gasteiger charge is -2.11. The molecule has 1 atom stereocenters. The normalized spacial score (nSPS) is 11.8. The zero-order valence-electron chi connectivity index (χ0n) is 11.9. The molecule has 1 amide bonds. The molecule has 1 unspecified atom stereocenters. The second-order valence-electron chi connectivity index (χ2n) is 4.71. The minimum absolute atomic E-state index is 0.0760. The summed E-state index contributed by atoms with van der Waals surface area (Å²) in [4.78, 5) is 20.0. The predicted octanol–water partition coefficient (Wildman–Crippen LogP) is 2.89. The number of rotatable bonds is 5. The van der Waals surface area contributed by atoms with Gasteiger partial charge in [-0.2, -0.15) is 0 Å². The maximum absolute atomic E-state index is 13.1. The number of carbonyl (C=O) groups excluding carboxylic acids is 1. The fourth-order valence-electron chi connectivity index (χ4n) is 1.66. The molecular formula is C15H17FN4O. The number of amides is 1. The highest BCUT2D eigenvalue weighted by Crippen LogP contribution is 2.15. The van der Waals surface area contributed by atoms with Crippen molar-refractivity contribution in [1.82, 2.24) is 15.3 Å². The molecule has 0 fully saturated rings. The summed E-state index contributed by atoms with van der Waals surface area (Å²) in [6.45, 7) is 3.91. The first kappa shape index (κ1) is 14.9. The van der Waals surface area contributed by atoms with Crippen LogP contribution in [0.5, 0.6) is 0 Å². The molecule has 21 heavy (non-hydrogen) atoms. The molecule has 0 radical (unpaired) electrons. The van der Waals surface area contributed by atoms with E-state index in [0.717, 1.165) is 6.42 Å². The molecule has 6 heteroatoms. The molecule has 1 heterocycles. The first-order chi connectivity index (χ1) is 10.1. The molecule has 0 aliphatic rings. The topological polar surface area (TPSA) is 66.9 Å². The number of aromatic nitrogens is 2. The van der Waals surface area contributed by atoms with Gasteiger partial charge in [-0.15, -0.1) is 0 Å². The lowest BCUT2D eigenvalue weighted by molar-refractivity contribution is 0.0934. The maximum Gasteiger partial charge on any atom is 0.270 e. The maximum atomic E-state index is 13.1. The molecule has 0 saturated heterocycles. The Morgan fingerprint density at radius 3 is 2.86 bits per heavy atom. The van der Waals surface area contributed by atoms with E-state index in [1.165, 1.54) is 24.5 Å². The van der Waals surface area contributed by atoms with Gasteiger partial charge in [0.2, 0.25) is 0 Å². The van der Waals surface area contributed by atoms with Gasteiger partial charge in [0.25, 0.3) is 5.91 Å². The van der Waals surface area contributed by atoms with Crippen molar-refractivity contribution in [3.63, 3.8) is 0 Å². The quantitative estimate of drug-likeness (QED) is 0.887. The first-order valence-corrected chi connectivity index (χ1v) is 6.74. The van der Waals surface area contributed by atoms with Crippen molar-refractivity contribution in [2.45, 2.75) is 26.3 Å². The first-order valence-electron chi connectivity index (χ1n) is 6.74. The molecule has 2 N–H and O–H groups in total. The summed E-state index contributed by atoms with van der Waals surface area (Å²) in [5.74, 6) is -0.164. The van der Waals surface area contributed by atoms with E-state index in [2.05, 4.69) is 20.6 Å². The van der Waals surface area contributed by atoms with E-state index >= 15 is 0 Å². The number of benzene rings is 1. The number of anilines is 2. The summed E-state index contributed by atoms with van der Waals surface area (Å²) in [6.07, 6.45) is 2.14. The molecule has 0 aliphatic carbocycles. The Bertz CT molecular complexity index is 633. The largest absolute Gasteiger partial charge is 0.348 e. The van der Waals surface area contributed by atoms with Crippen molar-refractivity contribution >= 4 is 17.4 Å². The van der Waals surface area contributed by atoms with Crippen molar-refractivity contribution in [3.05, 3.63) is 48.2 Å². The molecule has 110 valence electrons. The lowest BCUT2D eigenvalue weighted by Crippen LogP contribution is -2.32. The van der Waals surface area contributed by atoms with Crippen LogP contribution in [0.25, 0.3) is 0 Å². The van der Waals surface area contributed by atoms with Gasteiger partial charge in [-0.05, 0) is 31.5 Å². The van der Waals surface area contributed by atoms with Crippen molar-refractivity contribution in [2.75, 3.05) is 5.32 Å². The highest BCUT2D eigenvalue weighted by atomic mass is 19.1. The van der Waals surface area contributed by atoms with Crippen molar-refractivity contribution in [2.24, 2.45) is 0 Å². The zero-order chi connectivity index (χ0) is 15.2.